The second-order valence-corrected chi connectivity index (χ2v) is 8.97. The Morgan fingerprint density at radius 2 is 1.82 bits per heavy atom. The van der Waals surface area contributed by atoms with Crippen molar-refractivity contribution in [1.82, 2.24) is 9.31 Å². The van der Waals surface area contributed by atoms with Gasteiger partial charge >= 0.3 is 0 Å². The molecule has 1 atom stereocenters. The fourth-order valence-corrected chi connectivity index (χ4v) is 4.95. The first kappa shape index (κ1) is 20.4. The molecular weight excluding hydrogens is 381 g/mol. The monoisotopic (exact) mass is 405 g/mol. The number of piperidine rings is 1. The van der Waals surface area contributed by atoms with Crippen molar-refractivity contribution in [3.05, 3.63) is 66.0 Å². The lowest BCUT2D eigenvalue weighted by Crippen LogP contribution is -2.43. The quantitative estimate of drug-likeness (QED) is 0.455. The Labute approximate surface area is 164 Å². The lowest BCUT2D eigenvalue weighted by Gasteiger charge is -2.32. The Hall–Kier alpha value is -2.29. The molecule has 2 aromatic rings. The summed E-state index contributed by atoms with van der Waals surface area (Å²) in [5.74, 6) is 5.11. The summed E-state index contributed by atoms with van der Waals surface area (Å²) in [5, 5.41) is 1.18. The molecule has 1 aliphatic heterocycles. The van der Waals surface area contributed by atoms with E-state index in [1.54, 1.807) is 0 Å². The molecule has 0 radical (unpaired) electrons. The summed E-state index contributed by atoms with van der Waals surface area (Å²) in [6.45, 7) is 0.954. The molecule has 28 heavy (non-hydrogen) atoms. The first-order chi connectivity index (χ1) is 13.4. The number of rotatable bonds is 6. The highest BCUT2D eigenvalue weighted by atomic mass is 32.2. The molecule has 2 N–H and O–H groups in total. The van der Waals surface area contributed by atoms with Crippen LogP contribution < -0.4 is 5.84 Å². The van der Waals surface area contributed by atoms with Crippen molar-refractivity contribution in [1.29, 1.82) is 0 Å². The smallest absolute Gasteiger partial charge is 0.243 e. The minimum atomic E-state index is -3.71. The molecule has 6 nitrogen and oxygen atoms in total. The molecule has 1 fully saturated rings. The largest absolute Gasteiger partial charge is 0.276 e. The number of sulfonamides is 1. The molecule has 1 saturated heterocycles. The number of carbonyl (C=O) groups excluding carboxylic acids is 1. The van der Waals surface area contributed by atoms with Crippen LogP contribution in [0.2, 0.25) is 0 Å². The summed E-state index contributed by atoms with van der Waals surface area (Å²) < 4.78 is 40.0. The highest BCUT2D eigenvalue weighted by molar-refractivity contribution is 7.89. The van der Waals surface area contributed by atoms with Gasteiger partial charge in [0.1, 0.15) is 5.82 Å². The van der Waals surface area contributed by atoms with E-state index in [1.165, 1.54) is 21.4 Å². The van der Waals surface area contributed by atoms with E-state index >= 15 is 0 Å². The van der Waals surface area contributed by atoms with Crippen LogP contribution in [0.5, 0.6) is 0 Å². The van der Waals surface area contributed by atoms with Crippen molar-refractivity contribution in [2.24, 2.45) is 11.8 Å². The Kier molecular flexibility index (Phi) is 6.43. The van der Waals surface area contributed by atoms with Crippen LogP contribution in [0.4, 0.5) is 4.39 Å². The van der Waals surface area contributed by atoms with E-state index in [2.05, 4.69) is 0 Å². The molecule has 8 heteroatoms. The van der Waals surface area contributed by atoms with Crippen molar-refractivity contribution in [2.45, 2.75) is 30.7 Å². The van der Waals surface area contributed by atoms with Gasteiger partial charge in [0.2, 0.25) is 15.9 Å². The third-order valence-corrected chi connectivity index (χ3v) is 6.79. The molecule has 1 unspecified atom stereocenters. The summed E-state index contributed by atoms with van der Waals surface area (Å²) in [6.07, 6.45) is 1.63. The van der Waals surface area contributed by atoms with Crippen LogP contribution in [0.1, 0.15) is 24.8 Å². The normalized spacial score (nSPS) is 18.0. The van der Waals surface area contributed by atoms with Gasteiger partial charge in [0.25, 0.3) is 0 Å². The Morgan fingerprint density at radius 1 is 1.14 bits per heavy atom. The van der Waals surface area contributed by atoms with Crippen molar-refractivity contribution in [3.63, 3.8) is 0 Å². The Balaban J connectivity index is 1.61. The first-order valence-electron chi connectivity index (χ1n) is 9.21. The second-order valence-electron chi connectivity index (χ2n) is 7.04. The topological polar surface area (TPSA) is 83.7 Å². The van der Waals surface area contributed by atoms with Crippen molar-refractivity contribution >= 4 is 15.9 Å². The molecule has 2 aromatic carbocycles. The number of halogens is 1. The third kappa shape index (κ3) is 4.95. The zero-order chi connectivity index (χ0) is 20.1. The van der Waals surface area contributed by atoms with Gasteiger partial charge in [0, 0.05) is 19.5 Å². The average molecular weight is 405 g/mol. The number of hydrogen-bond acceptors (Lipinski definition) is 4. The number of nitrogens with zero attached hydrogens (tertiary/aromatic N) is 2. The van der Waals surface area contributed by atoms with Gasteiger partial charge < -0.3 is 0 Å². The Bertz CT molecular complexity index is 904. The number of benzene rings is 2. The summed E-state index contributed by atoms with van der Waals surface area (Å²) in [6, 6.07) is 14.2. The number of nitrogens with two attached hydrogens (primary N) is 1. The van der Waals surface area contributed by atoms with Crippen LogP contribution in [-0.2, 0) is 21.4 Å². The molecule has 0 spiro atoms. The molecule has 0 aliphatic carbocycles. The van der Waals surface area contributed by atoms with Crippen molar-refractivity contribution in [2.75, 3.05) is 13.1 Å². The van der Waals surface area contributed by atoms with Gasteiger partial charge in [-0.1, -0.05) is 30.3 Å². The minimum absolute atomic E-state index is 0.0606. The zero-order valence-electron chi connectivity index (χ0n) is 15.5. The molecular formula is C20H24FN3O3S. The molecule has 1 heterocycles. The highest BCUT2D eigenvalue weighted by Gasteiger charge is 2.31. The van der Waals surface area contributed by atoms with Crippen molar-refractivity contribution < 1.29 is 17.6 Å². The van der Waals surface area contributed by atoms with E-state index in [0.717, 1.165) is 24.1 Å². The molecule has 150 valence electrons. The van der Waals surface area contributed by atoms with Gasteiger partial charge in [-0.2, -0.15) is 4.31 Å². The maximum atomic E-state index is 13.1. The van der Waals surface area contributed by atoms with E-state index in [0.29, 0.717) is 19.5 Å². The number of carbonyl (C=O) groups is 1. The molecule has 1 aliphatic rings. The van der Waals surface area contributed by atoms with Crippen LogP contribution in [0.25, 0.3) is 0 Å². The van der Waals surface area contributed by atoms with E-state index in [4.69, 9.17) is 5.84 Å². The average Bonchev–Trinajstić information content (AvgIpc) is 2.69. The fourth-order valence-electron chi connectivity index (χ4n) is 3.40. The molecule has 1 amide bonds. The number of amides is 1. The first-order valence-corrected chi connectivity index (χ1v) is 10.6. The zero-order valence-corrected chi connectivity index (χ0v) is 16.3. The van der Waals surface area contributed by atoms with E-state index in [-0.39, 0.29) is 29.7 Å². The minimum Gasteiger partial charge on any atom is -0.276 e. The summed E-state index contributed by atoms with van der Waals surface area (Å²) in [7, 11) is -3.71. The lowest BCUT2D eigenvalue weighted by atomic mass is 9.96. The maximum absolute atomic E-state index is 13.1. The predicted molar refractivity (Wildman–Crippen MR) is 104 cm³/mol. The maximum Gasteiger partial charge on any atom is 0.243 e. The summed E-state index contributed by atoms with van der Waals surface area (Å²) in [5.41, 5.74) is 0.933. The van der Waals surface area contributed by atoms with Gasteiger partial charge in [-0.05, 0) is 48.6 Å². The molecule has 0 aromatic heterocycles. The van der Waals surface area contributed by atoms with Crippen LogP contribution in [0, 0.1) is 11.7 Å². The molecule has 0 bridgehead atoms. The number of hydrogen-bond donors (Lipinski definition) is 1. The fraction of sp³-hybridized carbons (Fsp3) is 0.350. The highest BCUT2D eigenvalue weighted by Crippen LogP contribution is 2.26. The molecule has 3 rings (SSSR count). The van der Waals surface area contributed by atoms with Gasteiger partial charge in [0.15, 0.2) is 0 Å². The van der Waals surface area contributed by atoms with Crippen LogP contribution in [0.3, 0.4) is 0 Å². The van der Waals surface area contributed by atoms with Crippen LogP contribution in [0.15, 0.2) is 59.5 Å². The van der Waals surface area contributed by atoms with Crippen molar-refractivity contribution in [3.8, 4) is 0 Å². The van der Waals surface area contributed by atoms with E-state index in [1.807, 2.05) is 30.3 Å². The van der Waals surface area contributed by atoms with Gasteiger partial charge in [-0.25, -0.2) is 18.7 Å². The number of hydrazine groups is 1. The van der Waals surface area contributed by atoms with Gasteiger partial charge in [-0.3, -0.25) is 9.80 Å². The van der Waals surface area contributed by atoms with E-state index < -0.39 is 15.8 Å². The van der Waals surface area contributed by atoms with Crippen LogP contribution >= 0.6 is 0 Å². The SMILES string of the molecule is NN(Cc1ccccc1)C(=O)CC1CCCN(S(=O)(=O)c2ccc(F)cc2)C1. The lowest BCUT2D eigenvalue weighted by molar-refractivity contribution is -0.133. The summed E-state index contributed by atoms with van der Waals surface area (Å²) in [4.78, 5) is 12.5. The van der Waals surface area contributed by atoms with Crippen LogP contribution in [-0.4, -0.2) is 36.7 Å². The second kappa shape index (κ2) is 8.81. The summed E-state index contributed by atoms with van der Waals surface area (Å²) >= 11 is 0. The third-order valence-electron chi connectivity index (χ3n) is 4.91. The predicted octanol–water partition coefficient (Wildman–Crippen LogP) is 2.52. The molecule has 0 saturated carbocycles. The van der Waals surface area contributed by atoms with E-state index in [9.17, 15) is 17.6 Å². The standard InChI is InChI=1S/C20H24FN3O3S/c21-18-8-10-19(11-9-18)28(26,27)23-12-4-7-17(14-23)13-20(25)24(22)15-16-5-2-1-3-6-16/h1-3,5-6,8-11,17H,4,7,12-15,22H2. The van der Waals surface area contributed by atoms with Gasteiger partial charge in [-0.15, -0.1) is 0 Å². The Morgan fingerprint density at radius 3 is 2.50 bits per heavy atom. The van der Waals surface area contributed by atoms with Gasteiger partial charge in [0.05, 0.1) is 11.4 Å².